The Hall–Kier alpha value is -3.95. The highest BCUT2D eigenvalue weighted by molar-refractivity contribution is 7.89. The van der Waals surface area contributed by atoms with E-state index in [-0.39, 0.29) is 4.90 Å². The molecule has 0 spiro atoms. The molecule has 2 heterocycles. The topological polar surface area (TPSA) is 84.9 Å². The van der Waals surface area contributed by atoms with E-state index in [0.717, 1.165) is 22.8 Å². The summed E-state index contributed by atoms with van der Waals surface area (Å²) in [4.78, 5) is 2.30. The van der Waals surface area contributed by atoms with Gasteiger partial charge in [0.1, 0.15) is 17.2 Å². The summed E-state index contributed by atoms with van der Waals surface area (Å²) in [6.45, 7) is 1.79. The van der Waals surface area contributed by atoms with Gasteiger partial charge in [-0.3, -0.25) is 0 Å². The van der Waals surface area contributed by atoms with Crippen molar-refractivity contribution in [3.05, 3.63) is 91.0 Å². The maximum Gasteiger partial charge on any atom is 0.243 e. The van der Waals surface area contributed by atoms with Crippen molar-refractivity contribution in [2.75, 3.05) is 38.2 Å². The van der Waals surface area contributed by atoms with E-state index in [0.29, 0.717) is 37.7 Å². The summed E-state index contributed by atoms with van der Waals surface area (Å²) in [5, 5.41) is 8.74. The second-order valence-electron chi connectivity index (χ2n) is 8.29. The van der Waals surface area contributed by atoms with Crippen LogP contribution in [0.25, 0.3) is 11.3 Å². The zero-order valence-electron chi connectivity index (χ0n) is 19.8. The zero-order valence-corrected chi connectivity index (χ0v) is 20.6. The molecule has 0 aliphatic carbocycles. The van der Waals surface area contributed by atoms with Crippen molar-refractivity contribution in [3.8, 4) is 28.5 Å². The summed E-state index contributed by atoms with van der Waals surface area (Å²) < 4.78 is 38.9. The van der Waals surface area contributed by atoms with Crippen molar-refractivity contribution < 1.29 is 17.9 Å². The summed E-state index contributed by atoms with van der Waals surface area (Å²) in [5.74, 6) is 2.76. The number of para-hydroxylation sites is 1. The van der Waals surface area contributed by atoms with Crippen LogP contribution in [0, 0.1) is 0 Å². The fraction of sp³-hybridized carbons (Fsp3) is 0.185. The molecule has 0 unspecified atom stereocenters. The SMILES string of the molecule is COc1cccc(-c2ccc(N3CCN(S(=O)(=O)c4ccc(Oc5ccccc5)cc4)CC3)nn2)c1. The molecule has 5 rings (SSSR count). The second-order valence-corrected chi connectivity index (χ2v) is 10.2. The number of aromatic nitrogens is 2. The Morgan fingerprint density at radius 3 is 2.08 bits per heavy atom. The highest BCUT2D eigenvalue weighted by Crippen LogP contribution is 2.26. The van der Waals surface area contributed by atoms with Crippen molar-refractivity contribution in [1.82, 2.24) is 14.5 Å². The molecule has 1 saturated heterocycles. The molecule has 4 aromatic rings. The van der Waals surface area contributed by atoms with Crippen molar-refractivity contribution in [3.63, 3.8) is 0 Å². The molecular weight excluding hydrogens is 476 g/mol. The second kappa shape index (κ2) is 10.3. The highest BCUT2D eigenvalue weighted by atomic mass is 32.2. The third-order valence-electron chi connectivity index (χ3n) is 6.02. The summed E-state index contributed by atoms with van der Waals surface area (Å²) in [6, 6.07) is 27.4. The number of ether oxygens (including phenoxy) is 2. The number of methoxy groups -OCH3 is 1. The maximum atomic E-state index is 13.2. The number of rotatable bonds is 7. The number of sulfonamides is 1. The number of hydrogen-bond donors (Lipinski definition) is 0. The first-order valence-corrected chi connectivity index (χ1v) is 13.0. The predicted octanol–water partition coefficient (Wildman–Crippen LogP) is 4.46. The van der Waals surface area contributed by atoms with Crippen LogP contribution in [0.2, 0.25) is 0 Å². The van der Waals surface area contributed by atoms with Gasteiger partial charge in [0.05, 0.1) is 17.7 Å². The highest BCUT2D eigenvalue weighted by Gasteiger charge is 2.29. The van der Waals surface area contributed by atoms with E-state index in [4.69, 9.17) is 9.47 Å². The van der Waals surface area contributed by atoms with Crippen LogP contribution in [0.5, 0.6) is 17.2 Å². The molecule has 0 N–H and O–H groups in total. The molecule has 184 valence electrons. The first-order chi connectivity index (χ1) is 17.5. The lowest BCUT2D eigenvalue weighted by molar-refractivity contribution is 0.383. The third-order valence-corrected chi connectivity index (χ3v) is 7.93. The zero-order chi connectivity index (χ0) is 25.0. The lowest BCUT2D eigenvalue weighted by Gasteiger charge is -2.34. The Morgan fingerprint density at radius 2 is 1.42 bits per heavy atom. The van der Waals surface area contributed by atoms with Gasteiger partial charge in [-0.05, 0) is 60.7 Å². The summed E-state index contributed by atoms with van der Waals surface area (Å²) >= 11 is 0. The predicted molar refractivity (Wildman–Crippen MR) is 138 cm³/mol. The van der Waals surface area contributed by atoms with Gasteiger partial charge in [-0.15, -0.1) is 10.2 Å². The molecule has 9 heteroatoms. The van der Waals surface area contributed by atoms with Gasteiger partial charge in [0.2, 0.25) is 10.0 Å². The van der Waals surface area contributed by atoms with Gasteiger partial charge >= 0.3 is 0 Å². The Bertz CT molecular complexity index is 1400. The van der Waals surface area contributed by atoms with E-state index in [1.807, 2.05) is 71.6 Å². The molecule has 0 radical (unpaired) electrons. The fourth-order valence-corrected chi connectivity index (χ4v) is 5.46. The van der Waals surface area contributed by atoms with Gasteiger partial charge < -0.3 is 14.4 Å². The minimum absolute atomic E-state index is 0.249. The quantitative estimate of drug-likeness (QED) is 0.369. The van der Waals surface area contributed by atoms with E-state index in [9.17, 15) is 8.42 Å². The summed E-state index contributed by atoms with van der Waals surface area (Å²) in [6.07, 6.45) is 0. The number of hydrogen-bond acceptors (Lipinski definition) is 7. The maximum absolute atomic E-state index is 13.2. The van der Waals surface area contributed by atoms with Gasteiger partial charge in [-0.2, -0.15) is 4.31 Å². The first kappa shape index (κ1) is 23.8. The van der Waals surface area contributed by atoms with Gasteiger partial charge in [0.25, 0.3) is 0 Å². The largest absolute Gasteiger partial charge is 0.497 e. The summed E-state index contributed by atoms with van der Waals surface area (Å²) in [5.41, 5.74) is 1.67. The van der Waals surface area contributed by atoms with E-state index in [1.165, 1.54) is 4.31 Å². The van der Waals surface area contributed by atoms with E-state index in [2.05, 4.69) is 10.2 Å². The molecule has 1 aliphatic heterocycles. The normalized spacial score (nSPS) is 14.4. The number of benzene rings is 3. The fourth-order valence-electron chi connectivity index (χ4n) is 4.04. The Labute approximate surface area is 210 Å². The molecule has 1 fully saturated rings. The molecule has 0 bridgehead atoms. The van der Waals surface area contributed by atoms with Crippen LogP contribution in [0.15, 0.2) is 95.9 Å². The molecule has 36 heavy (non-hydrogen) atoms. The molecule has 1 aliphatic rings. The van der Waals surface area contributed by atoms with E-state index in [1.54, 1.807) is 31.4 Å². The van der Waals surface area contributed by atoms with Crippen LogP contribution in [0.1, 0.15) is 0 Å². The van der Waals surface area contributed by atoms with Crippen LogP contribution in [0.4, 0.5) is 5.82 Å². The van der Waals surface area contributed by atoms with Crippen molar-refractivity contribution >= 4 is 15.8 Å². The van der Waals surface area contributed by atoms with Gasteiger partial charge in [-0.25, -0.2) is 8.42 Å². The molecule has 0 amide bonds. The van der Waals surface area contributed by atoms with Crippen LogP contribution < -0.4 is 14.4 Å². The minimum atomic E-state index is -3.60. The number of nitrogens with zero attached hydrogens (tertiary/aromatic N) is 4. The van der Waals surface area contributed by atoms with Crippen LogP contribution in [0.3, 0.4) is 0 Å². The van der Waals surface area contributed by atoms with E-state index >= 15 is 0 Å². The Kier molecular flexibility index (Phi) is 6.84. The van der Waals surface area contributed by atoms with Gasteiger partial charge in [0.15, 0.2) is 5.82 Å². The first-order valence-electron chi connectivity index (χ1n) is 11.6. The molecule has 1 aromatic heterocycles. The van der Waals surface area contributed by atoms with Gasteiger partial charge in [0, 0.05) is 31.7 Å². The standard InChI is InChI=1S/C27H26N4O4S/c1-34-24-9-5-6-21(20-24)26-14-15-27(29-28-26)30-16-18-31(19-17-30)36(32,33)25-12-10-23(11-13-25)35-22-7-3-2-4-8-22/h2-15,20H,16-19H2,1H3. The van der Waals surface area contributed by atoms with Crippen molar-refractivity contribution in [1.29, 1.82) is 0 Å². The lowest BCUT2D eigenvalue weighted by atomic mass is 10.1. The number of anilines is 1. The van der Waals surface area contributed by atoms with Crippen LogP contribution in [-0.2, 0) is 10.0 Å². The molecule has 0 atom stereocenters. The smallest absolute Gasteiger partial charge is 0.243 e. The number of piperazine rings is 1. The molecule has 3 aromatic carbocycles. The van der Waals surface area contributed by atoms with Crippen LogP contribution >= 0.6 is 0 Å². The van der Waals surface area contributed by atoms with Gasteiger partial charge in [-0.1, -0.05) is 30.3 Å². The Morgan fingerprint density at radius 1 is 0.722 bits per heavy atom. The molecule has 8 nitrogen and oxygen atoms in total. The van der Waals surface area contributed by atoms with E-state index < -0.39 is 10.0 Å². The Balaban J connectivity index is 1.21. The average Bonchev–Trinajstić information content (AvgIpc) is 2.94. The average molecular weight is 503 g/mol. The van der Waals surface area contributed by atoms with Crippen molar-refractivity contribution in [2.45, 2.75) is 4.90 Å². The van der Waals surface area contributed by atoms with Crippen LogP contribution in [-0.4, -0.2) is 56.2 Å². The molecule has 0 saturated carbocycles. The lowest BCUT2D eigenvalue weighted by Crippen LogP contribution is -2.48. The van der Waals surface area contributed by atoms with Crippen molar-refractivity contribution in [2.24, 2.45) is 0 Å². The minimum Gasteiger partial charge on any atom is -0.497 e. The monoisotopic (exact) mass is 502 g/mol. The summed E-state index contributed by atoms with van der Waals surface area (Å²) in [7, 11) is -1.98. The molecular formula is C27H26N4O4S. The third kappa shape index (κ3) is 5.17.